The van der Waals surface area contributed by atoms with Crippen molar-refractivity contribution in [2.24, 2.45) is 0 Å². The highest BCUT2D eigenvalue weighted by Crippen LogP contribution is 2.33. The molecule has 0 fully saturated rings. The van der Waals surface area contributed by atoms with Crippen LogP contribution in [0, 0.1) is 6.92 Å². The Balaban J connectivity index is 2.09. The predicted molar refractivity (Wildman–Crippen MR) is 161 cm³/mol. The first-order chi connectivity index (χ1) is 19.0. The molecule has 2 atom stereocenters. The van der Waals surface area contributed by atoms with Gasteiger partial charge in [-0.15, -0.1) is 0 Å². The minimum atomic E-state index is -4.22. The topological polar surface area (TPSA) is 86.8 Å². The summed E-state index contributed by atoms with van der Waals surface area (Å²) in [6, 6.07) is 18.9. The average molecular weight is 605 g/mol. The molecule has 3 aromatic rings. The van der Waals surface area contributed by atoms with Crippen LogP contribution in [0.15, 0.2) is 77.7 Å². The fourth-order valence-corrected chi connectivity index (χ4v) is 6.26. The van der Waals surface area contributed by atoms with Crippen LogP contribution in [0.2, 0.25) is 10.0 Å². The molecule has 0 aliphatic rings. The molecule has 3 aromatic carbocycles. The van der Waals surface area contributed by atoms with E-state index < -0.39 is 28.5 Å². The van der Waals surface area contributed by atoms with Gasteiger partial charge in [0.05, 0.1) is 15.6 Å². The van der Waals surface area contributed by atoms with Gasteiger partial charge in [-0.3, -0.25) is 13.9 Å². The molecule has 7 nitrogen and oxygen atoms in total. The Hall–Kier alpha value is -3.07. The number of halogens is 2. The molecule has 2 amide bonds. The second kappa shape index (κ2) is 14.0. The van der Waals surface area contributed by atoms with E-state index >= 15 is 0 Å². The maximum Gasteiger partial charge on any atom is 0.264 e. The summed E-state index contributed by atoms with van der Waals surface area (Å²) in [7, 11) is -4.22. The second-order valence-corrected chi connectivity index (χ2v) is 12.3. The predicted octanol–water partition coefficient (Wildman–Crippen LogP) is 6.22. The number of carbonyl (C=O) groups excluding carboxylic acids is 2. The molecular formula is C30H35Cl2N3O4S. The largest absolute Gasteiger partial charge is 0.352 e. The summed E-state index contributed by atoms with van der Waals surface area (Å²) < 4.78 is 28.7. The third kappa shape index (κ3) is 7.56. The van der Waals surface area contributed by atoms with Crippen LogP contribution in [0.5, 0.6) is 0 Å². The van der Waals surface area contributed by atoms with Gasteiger partial charge < -0.3 is 10.2 Å². The molecule has 0 unspecified atom stereocenters. The van der Waals surface area contributed by atoms with E-state index in [2.05, 4.69) is 5.32 Å². The molecule has 0 heterocycles. The van der Waals surface area contributed by atoms with E-state index in [9.17, 15) is 18.0 Å². The maximum atomic E-state index is 14.1. The number of hydrogen-bond donors (Lipinski definition) is 1. The van der Waals surface area contributed by atoms with Crippen LogP contribution < -0.4 is 9.62 Å². The van der Waals surface area contributed by atoms with Crippen LogP contribution in [-0.2, 0) is 26.2 Å². The van der Waals surface area contributed by atoms with Gasteiger partial charge in [-0.1, -0.05) is 79.5 Å². The molecule has 0 saturated carbocycles. The molecule has 0 spiro atoms. The lowest BCUT2D eigenvalue weighted by molar-refractivity contribution is -0.140. The van der Waals surface area contributed by atoms with E-state index in [-0.39, 0.29) is 34.1 Å². The number of hydrogen-bond acceptors (Lipinski definition) is 4. The van der Waals surface area contributed by atoms with Gasteiger partial charge in [0.2, 0.25) is 11.8 Å². The SMILES string of the molecule is CC[C@H](C(=O)N[C@@H](C)CC)N(Cc1ccccc1C)C(=O)CN(c1ccc(Cl)cc1Cl)S(=O)(=O)c1ccccc1. The van der Waals surface area contributed by atoms with Crippen molar-refractivity contribution in [2.45, 2.75) is 64.1 Å². The molecule has 0 aliphatic heterocycles. The van der Waals surface area contributed by atoms with Gasteiger partial charge in [0, 0.05) is 17.6 Å². The standard InChI is InChI=1S/C30H35Cl2N3O4S/c1-5-22(4)33-30(37)27(6-2)34(19-23-13-11-10-12-21(23)3)29(36)20-35(28-17-16-24(31)18-26(28)32)40(38,39)25-14-8-7-9-15-25/h7-18,22,27H,5-6,19-20H2,1-4H3,(H,33,37)/t22-,27+/m0/s1. The van der Waals surface area contributed by atoms with Gasteiger partial charge >= 0.3 is 0 Å². The molecule has 0 saturated heterocycles. The number of carbonyl (C=O) groups is 2. The molecule has 10 heteroatoms. The Morgan fingerprint density at radius 3 is 2.17 bits per heavy atom. The van der Waals surface area contributed by atoms with Crippen LogP contribution in [0.4, 0.5) is 5.69 Å². The Morgan fingerprint density at radius 1 is 0.925 bits per heavy atom. The molecule has 0 aromatic heterocycles. The lowest BCUT2D eigenvalue weighted by Gasteiger charge is -2.34. The zero-order valence-corrected chi connectivity index (χ0v) is 25.4. The van der Waals surface area contributed by atoms with Crippen LogP contribution in [0.3, 0.4) is 0 Å². The van der Waals surface area contributed by atoms with Crippen molar-refractivity contribution < 1.29 is 18.0 Å². The Labute approximate surface area is 247 Å². The lowest BCUT2D eigenvalue weighted by atomic mass is 10.1. The Kier molecular flexibility index (Phi) is 11.0. The van der Waals surface area contributed by atoms with Gasteiger partial charge in [0.25, 0.3) is 10.0 Å². The summed E-state index contributed by atoms with van der Waals surface area (Å²) in [5.74, 6) is -0.833. The van der Waals surface area contributed by atoms with Crippen molar-refractivity contribution in [2.75, 3.05) is 10.8 Å². The molecule has 1 N–H and O–H groups in total. The summed E-state index contributed by atoms with van der Waals surface area (Å²) in [6.45, 7) is 7.17. The van der Waals surface area contributed by atoms with E-state index in [1.165, 1.54) is 35.2 Å². The zero-order chi connectivity index (χ0) is 29.4. The van der Waals surface area contributed by atoms with Crippen molar-refractivity contribution in [1.82, 2.24) is 10.2 Å². The zero-order valence-electron chi connectivity index (χ0n) is 23.1. The summed E-state index contributed by atoms with van der Waals surface area (Å²) in [5.41, 5.74) is 1.91. The summed E-state index contributed by atoms with van der Waals surface area (Å²) >= 11 is 12.6. The number of nitrogens with one attached hydrogen (secondary N) is 1. The van der Waals surface area contributed by atoms with Gasteiger partial charge in [-0.2, -0.15) is 0 Å². The van der Waals surface area contributed by atoms with Gasteiger partial charge in [0.1, 0.15) is 12.6 Å². The highest BCUT2D eigenvalue weighted by Gasteiger charge is 2.34. The molecule has 0 aliphatic carbocycles. The van der Waals surface area contributed by atoms with Gasteiger partial charge in [0.15, 0.2) is 0 Å². The number of sulfonamides is 1. The van der Waals surface area contributed by atoms with Crippen LogP contribution in [0.25, 0.3) is 0 Å². The van der Waals surface area contributed by atoms with E-state index in [1.807, 2.05) is 52.0 Å². The number of nitrogens with zero attached hydrogens (tertiary/aromatic N) is 2. The second-order valence-electron chi connectivity index (χ2n) is 9.61. The highest BCUT2D eigenvalue weighted by molar-refractivity contribution is 7.92. The van der Waals surface area contributed by atoms with Gasteiger partial charge in [-0.25, -0.2) is 8.42 Å². The van der Waals surface area contributed by atoms with Crippen LogP contribution in [0.1, 0.15) is 44.7 Å². The Bertz CT molecular complexity index is 1430. The number of rotatable bonds is 12. The first-order valence-electron chi connectivity index (χ1n) is 13.2. The van der Waals surface area contributed by atoms with Crippen LogP contribution in [-0.4, -0.2) is 43.8 Å². The summed E-state index contributed by atoms with van der Waals surface area (Å²) in [6.07, 6.45) is 1.07. The molecule has 40 heavy (non-hydrogen) atoms. The van der Waals surface area contributed by atoms with E-state index in [4.69, 9.17) is 23.2 Å². The minimum absolute atomic E-state index is 0.000764. The molecular weight excluding hydrogens is 569 g/mol. The summed E-state index contributed by atoms with van der Waals surface area (Å²) in [4.78, 5) is 28.9. The van der Waals surface area contributed by atoms with Gasteiger partial charge in [-0.05, 0) is 68.1 Å². The van der Waals surface area contributed by atoms with E-state index in [1.54, 1.807) is 18.2 Å². The van der Waals surface area contributed by atoms with Crippen molar-refractivity contribution in [3.05, 3.63) is 94.0 Å². The first-order valence-corrected chi connectivity index (χ1v) is 15.4. The van der Waals surface area contributed by atoms with Crippen molar-refractivity contribution in [1.29, 1.82) is 0 Å². The molecule has 3 rings (SSSR count). The normalized spacial score (nSPS) is 12.8. The number of amides is 2. The highest BCUT2D eigenvalue weighted by atomic mass is 35.5. The third-order valence-electron chi connectivity index (χ3n) is 6.78. The Morgan fingerprint density at radius 2 is 1.57 bits per heavy atom. The minimum Gasteiger partial charge on any atom is -0.352 e. The fraction of sp³-hybridized carbons (Fsp3) is 0.333. The van der Waals surface area contributed by atoms with E-state index in [0.29, 0.717) is 11.4 Å². The number of benzene rings is 3. The smallest absolute Gasteiger partial charge is 0.264 e. The number of anilines is 1. The molecule has 0 radical (unpaired) electrons. The summed E-state index contributed by atoms with van der Waals surface area (Å²) in [5, 5.41) is 3.37. The van der Waals surface area contributed by atoms with Crippen molar-refractivity contribution in [3.8, 4) is 0 Å². The third-order valence-corrected chi connectivity index (χ3v) is 9.09. The lowest BCUT2D eigenvalue weighted by Crippen LogP contribution is -2.53. The fourth-order valence-electron chi connectivity index (χ4n) is 4.25. The quantitative estimate of drug-likeness (QED) is 0.266. The maximum absolute atomic E-state index is 14.1. The molecule has 214 valence electrons. The average Bonchev–Trinajstić information content (AvgIpc) is 2.93. The number of aryl methyl sites for hydroxylation is 1. The van der Waals surface area contributed by atoms with Crippen molar-refractivity contribution in [3.63, 3.8) is 0 Å². The van der Waals surface area contributed by atoms with E-state index in [0.717, 1.165) is 21.9 Å². The monoisotopic (exact) mass is 603 g/mol. The first kappa shape index (κ1) is 31.5. The molecule has 0 bridgehead atoms. The van der Waals surface area contributed by atoms with Crippen LogP contribution >= 0.6 is 23.2 Å². The van der Waals surface area contributed by atoms with Crippen molar-refractivity contribution >= 4 is 50.7 Å².